The molecule has 5 rings (SSSR count). The molecular formula is C24H18N2O5. The van der Waals surface area contributed by atoms with E-state index in [1.165, 1.54) is 11.0 Å². The standard InChI is InChI=1S/C24H18N2O5/c1-2-30-18-13-14(10-11-16(18)27)21-20-22(28)15-7-3-4-8-17(15)31-23(20)24(29)26(21)19-9-5-6-12-25-19/h3-13,21,27H,2H2,1H3/t21-/m0/s1. The second kappa shape index (κ2) is 7.28. The lowest BCUT2D eigenvalue weighted by atomic mass is 9.98. The van der Waals surface area contributed by atoms with Crippen molar-refractivity contribution >= 4 is 22.7 Å². The van der Waals surface area contributed by atoms with Gasteiger partial charge in [0.05, 0.1) is 23.6 Å². The summed E-state index contributed by atoms with van der Waals surface area (Å²) >= 11 is 0. The molecule has 1 atom stereocenters. The van der Waals surface area contributed by atoms with Crippen molar-refractivity contribution in [3.63, 3.8) is 0 Å². The number of anilines is 1. The van der Waals surface area contributed by atoms with Crippen LogP contribution in [0.4, 0.5) is 5.82 Å². The molecule has 0 saturated carbocycles. The van der Waals surface area contributed by atoms with Crippen LogP contribution in [0.15, 0.2) is 76.1 Å². The first-order chi connectivity index (χ1) is 15.1. The topological polar surface area (TPSA) is 92.9 Å². The number of amides is 1. The Morgan fingerprint density at radius 3 is 2.68 bits per heavy atom. The van der Waals surface area contributed by atoms with Crippen molar-refractivity contribution in [2.75, 3.05) is 11.5 Å². The highest BCUT2D eigenvalue weighted by Gasteiger charge is 2.44. The predicted molar refractivity (Wildman–Crippen MR) is 115 cm³/mol. The Hall–Kier alpha value is -4.13. The first kappa shape index (κ1) is 18.9. The highest BCUT2D eigenvalue weighted by molar-refractivity contribution is 6.10. The van der Waals surface area contributed by atoms with Gasteiger partial charge in [0.15, 0.2) is 16.9 Å². The van der Waals surface area contributed by atoms with Gasteiger partial charge >= 0.3 is 0 Å². The van der Waals surface area contributed by atoms with Crippen LogP contribution in [-0.2, 0) is 0 Å². The van der Waals surface area contributed by atoms with Crippen LogP contribution in [-0.4, -0.2) is 22.6 Å². The normalized spacial score (nSPS) is 15.3. The Balaban J connectivity index is 1.80. The van der Waals surface area contributed by atoms with E-state index in [0.29, 0.717) is 29.0 Å². The minimum absolute atomic E-state index is 0.00890. The lowest BCUT2D eigenvalue weighted by Crippen LogP contribution is -2.30. The molecule has 0 unspecified atom stereocenters. The fourth-order valence-corrected chi connectivity index (χ4v) is 3.94. The number of hydrogen-bond donors (Lipinski definition) is 1. The molecule has 0 saturated heterocycles. The molecule has 1 N–H and O–H groups in total. The maximum Gasteiger partial charge on any atom is 0.296 e. The zero-order chi connectivity index (χ0) is 21.5. The van der Waals surface area contributed by atoms with Gasteiger partial charge in [-0.05, 0) is 48.9 Å². The van der Waals surface area contributed by atoms with E-state index in [1.54, 1.807) is 60.8 Å². The highest BCUT2D eigenvalue weighted by Crippen LogP contribution is 2.42. The number of aromatic nitrogens is 1. The van der Waals surface area contributed by atoms with E-state index in [0.717, 1.165) is 0 Å². The number of hydrogen-bond acceptors (Lipinski definition) is 6. The summed E-state index contributed by atoms with van der Waals surface area (Å²) in [6.07, 6.45) is 1.58. The second-order valence-corrected chi connectivity index (χ2v) is 7.10. The van der Waals surface area contributed by atoms with Crippen molar-refractivity contribution in [1.82, 2.24) is 4.98 Å². The van der Waals surface area contributed by atoms with Crippen molar-refractivity contribution in [2.24, 2.45) is 0 Å². The van der Waals surface area contributed by atoms with Gasteiger partial charge in [0.2, 0.25) is 5.76 Å². The van der Waals surface area contributed by atoms with Crippen LogP contribution < -0.4 is 15.1 Å². The smallest absolute Gasteiger partial charge is 0.296 e. The number of rotatable bonds is 4. The Morgan fingerprint density at radius 1 is 1.10 bits per heavy atom. The second-order valence-electron chi connectivity index (χ2n) is 7.10. The minimum Gasteiger partial charge on any atom is -0.504 e. The number of aromatic hydroxyl groups is 1. The number of phenols is 1. The molecule has 154 valence electrons. The quantitative estimate of drug-likeness (QED) is 0.542. The number of para-hydroxylation sites is 1. The number of fused-ring (bicyclic) bond motifs is 2. The van der Waals surface area contributed by atoms with Gasteiger partial charge in [-0.15, -0.1) is 0 Å². The zero-order valence-corrected chi connectivity index (χ0v) is 16.6. The lowest BCUT2D eigenvalue weighted by Gasteiger charge is -2.24. The fourth-order valence-electron chi connectivity index (χ4n) is 3.94. The first-order valence-electron chi connectivity index (χ1n) is 9.86. The van der Waals surface area contributed by atoms with Gasteiger partial charge in [-0.2, -0.15) is 0 Å². The van der Waals surface area contributed by atoms with Crippen LogP contribution in [0.25, 0.3) is 11.0 Å². The molecule has 0 spiro atoms. The number of nitrogens with zero attached hydrogens (tertiary/aromatic N) is 2. The lowest BCUT2D eigenvalue weighted by molar-refractivity contribution is 0.0970. The van der Waals surface area contributed by atoms with Gasteiger partial charge in [0.25, 0.3) is 5.91 Å². The van der Waals surface area contributed by atoms with Gasteiger partial charge in [0, 0.05) is 6.20 Å². The number of carbonyl (C=O) groups excluding carboxylic acids is 1. The largest absolute Gasteiger partial charge is 0.504 e. The third-order valence-electron chi connectivity index (χ3n) is 5.27. The van der Waals surface area contributed by atoms with E-state index in [2.05, 4.69) is 4.98 Å². The number of carbonyl (C=O) groups is 1. The molecule has 0 radical (unpaired) electrons. The molecule has 3 heterocycles. The van der Waals surface area contributed by atoms with Crippen LogP contribution in [0.3, 0.4) is 0 Å². The molecular weight excluding hydrogens is 396 g/mol. The molecule has 0 bridgehead atoms. The van der Waals surface area contributed by atoms with Gasteiger partial charge in [-0.1, -0.05) is 24.3 Å². The molecule has 1 aliphatic heterocycles. The summed E-state index contributed by atoms with van der Waals surface area (Å²) in [5.74, 6) is 0.175. The number of phenolic OH excluding ortho intramolecular Hbond substituents is 1. The van der Waals surface area contributed by atoms with Gasteiger partial charge in [-0.25, -0.2) is 4.98 Å². The monoisotopic (exact) mass is 414 g/mol. The molecule has 1 aliphatic rings. The van der Waals surface area contributed by atoms with Crippen molar-refractivity contribution in [1.29, 1.82) is 0 Å². The van der Waals surface area contributed by atoms with Crippen LogP contribution in [0.1, 0.15) is 34.6 Å². The summed E-state index contributed by atoms with van der Waals surface area (Å²) in [5, 5.41) is 10.5. The van der Waals surface area contributed by atoms with Crippen molar-refractivity contribution in [2.45, 2.75) is 13.0 Å². The first-order valence-corrected chi connectivity index (χ1v) is 9.86. The molecule has 7 nitrogen and oxygen atoms in total. The SMILES string of the molecule is CCOc1cc([C@H]2c3c(oc4ccccc4c3=O)C(=O)N2c2ccccn2)ccc1O. The highest BCUT2D eigenvalue weighted by atomic mass is 16.5. The number of ether oxygens (including phenoxy) is 1. The summed E-state index contributed by atoms with van der Waals surface area (Å²) < 4.78 is 11.4. The minimum atomic E-state index is -0.780. The average molecular weight is 414 g/mol. The molecule has 0 aliphatic carbocycles. The van der Waals surface area contributed by atoms with Crippen LogP contribution in [0.5, 0.6) is 11.5 Å². The Kier molecular flexibility index (Phi) is 4.43. The van der Waals surface area contributed by atoms with E-state index in [-0.39, 0.29) is 28.3 Å². The summed E-state index contributed by atoms with van der Waals surface area (Å²) in [4.78, 5) is 32.7. The molecule has 1 amide bonds. The zero-order valence-electron chi connectivity index (χ0n) is 16.6. The van der Waals surface area contributed by atoms with Gasteiger partial charge in [-0.3, -0.25) is 14.5 Å². The van der Waals surface area contributed by atoms with Crippen molar-refractivity contribution < 1.29 is 19.1 Å². The molecule has 2 aromatic heterocycles. The summed E-state index contributed by atoms with van der Waals surface area (Å²) in [7, 11) is 0. The third-order valence-corrected chi connectivity index (χ3v) is 5.27. The van der Waals surface area contributed by atoms with E-state index in [1.807, 2.05) is 6.92 Å². The molecule has 31 heavy (non-hydrogen) atoms. The van der Waals surface area contributed by atoms with Crippen LogP contribution >= 0.6 is 0 Å². The van der Waals surface area contributed by atoms with Crippen LogP contribution in [0, 0.1) is 0 Å². The third kappa shape index (κ3) is 2.93. The maximum atomic E-state index is 13.5. The van der Waals surface area contributed by atoms with E-state index >= 15 is 0 Å². The molecule has 0 fully saturated rings. The molecule has 7 heteroatoms. The molecule has 4 aromatic rings. The van der Waals surface area contributed by atoms with Gasteiger partial charge in [0.1, 0.15) is 11.4 Å². The van der Waals surface area contributed by atoms with Crippen molar-refractivity contribution in [3.8, 4) is 11.5 Å². The fraction of sp³-hybridized carbons (Fsp3) is 0.125. The predicted octanol–water partition coefficient (Wildman–Crippen LogP) is 4.04. The summed E-state index contributed by atoms with van der Waals surface area (Å²) in [6.45, 7) is 2.16. The summed E-state index contributed by atoms with van der Waals surface area (Å²) in [6, 6.07) is 16.1. The Bertz CT molecular complexity index is 1360. The van der Waals surface area contributed by atoms with Crippen molar-refractivity contribution in [3.05, 3.63) is 94.0 Å². The van der Waals surface area contributed by atoms with E-state index in [4.69, 9.17) is 9.15 Å². The summed E-state index contributed by atoms with van der Waals surface area (Å²) in [5.41, 5.74) is 0.908. The number of pyridine rings is 1. The molecule has 2 aromatic carbocycles. The Labute approximate surface area is 177 Å². The Morgan fingerprint density at radius 2 is 1.90 bits per heavy atom. The van der Waals surface area contributed by atoms with E-state index < -0.39 is 11.9 Å². The average Bonchev–Trinajstić information content (AvgIpc) is 3.09. The van der Waals surface area contributed by atoms with Crippen LogP contribution in [0.2, 0.25) is 0 Å². The van der Waals surface area contributed by atoms with Gasteiger partial charge < -0.3 is 14.3 Å². The number of benzene rings is 2. The van der Waals surface area contributed by atoms with E-state index in [9.17, 15) is 14.7 Å². The maximum absolute atomic E-state index is 13.5.